The quantitative estimate of drug-likeness (QED) is 0.553. The zero-order chi connectivity index (χ0) is 19.6. The van der Waals surface area contributed by atoms with E-state index in [1.807, 2.05) is 0 Å². The number of hydrogen-bond acceptors (Lipinski definition) is 4. The van der Waals surface area contributed by atoms with Crippen LogP contribution in [0.1, 0.15) is 23.7 Å². The van der Waals surface area contributed by atoms with Crippen LogP contribution in [0.25, 0.3) is 0 Å². The SMILES string of the molecule is C[C@@H](OC(=O)[C@@H]1CC(=O)N(c2ccccc2Cl)C1)C(=O)c1ccc(Cl)cc1. The number of halogens is 2. The summed E-state index contributed by atoms with van der Waals surface area (Å²) in [6.07, 6.45) is -0.936. The Morgan fingerprint density at radius 3 is 2.44 bits per heavy atom. The maximum absolute atomic E-state index is 12.4. The highest BCUT2D eigenvalue weighted by atomic mass is 35.5. The van der Waals surface area contributed by atoms with Crippen LogP contribution in [0, 0.1) is 5.92 Å². The molecule has 1 fully saturated rings. The number of benzene rings is 2. The fourth-order valence-corrected chi connectivity index (χ4v) is 3.31. The highest BCUT2D eigenvalue weighted by molar-refractivity contribution is 6.34. The molecule has 7 heteroatoms. The normalized spacial score (nSPS) is 17.7. The second-order valence-corrected chi connectivity index (χ2v) is 7.15. The first-order valence-electron chi connectivity index (χ1n) is 8.42. The van der Waals surface area contributed by atoms with Gasteiger partial charge in [-0.25, -0.2) is 0 Å². The maximum atomic E-state index is 12.4. The van der Waals surface area contributed by atoms with Gasteiger partial charge in [0.05, 0.1) is 16.6 Å². The lowest BCUT2D eigenvalue weighted by Crippen LogP contribution is -2.30. The summed E-state index contributed by atoms with van der Waals surface area (Å²) in [5.74, 6) is -1.75. The molecule has 0 radical (unpaired) electrons. The molecule has 0 aromatic heterocycles. The van der Waals surface area contributed by atoms with Gasteiger partial charge >= 0.3 is 5.97 Å². The Morgan fingerprint density at radius 2 is 1.78 bits per heavy atom. The molecular formula is C20H17Cl2NO4. The van der Waals surface area contributed by atoms with Gasteiger partial charge in [0.2, 0.25) is 11.7 Å². The molecule has 0 spiro atoms. The average Bonchev–Trinajstić information content (AvgIpc) is 3.04. The van der Waals surface area contributed by atoms with Gasteiger partial charge in [0.1, 0.15) is 0 Å². The smallest absolute Gasteiger partial charge is 0.312 e. The number of amides is 1. The first kappa shape index (κ1) is 19.4. The van der Waals surface area contributed by atoms with Crippen molar-refractivity contribution >= 4 is 46.5 Å². The fraction of sp³-hybridized carbons (Fsp3) is 0.250. The van der Waals surface area contributed by atoms with Crippen molar-refractivity contribution in [2.24, 2.45) is 5.92 Å². The zero-order valence-corrected chi connectivity index (χ0v) is 16.0. The van der Waals surface area contributed by atoms with E-state index >= 15 is 0 Å². The van der Waals surface area contributed by atoms with E-state index in [0.717, 1.165) is 0 Å². The van der Waals surface area contributed by atoms with Gasteiger partial charge in [-0.05, 0) is 43.3 Å². The largest absolute Gasteiger partial charge is 0.454 e. The molecule has 0 unspecified atom stereocenters. The number of ether oxygens (including phenoxy) is 1. The molecule has 2 aromatic rings. The molecule has 0 bridgehead atoms. The maximum Gasteiger partial charge on any atom is 0.312 e. The number of ketones is 1. The molecule has 1 heterocycles. The molecule has 1 amide bonds. The summed E-state index contributed by atoms with van der Waals surface area (Å²) in [4.78, 5) is 38.6. The van der Waals surface area contributed by atoms with Crippen LogP contribution in [0.4, 0.5) is 5.69 Å². The van der Waals surface area contributed by atoms with Gasteiger partial charge in [-0.1, -0.05) is 35.3 Å². The Labute approximate surface area is 166 Å². The summed E-state index contributed by atoms with van der Waals surface area (Å²) >= 11 is 12.0. The number of para-hydroxylation sites is 1. The van der Waals surface area contributed by atoms with E-state index in [2.05, 4.69) is 0 Å². The Bertz CT molecular complexity index is 882. The third kappa shape index (κ3) is 4.31. The minimum atomic E-state index is -0.955. The van der Waals surface area contributed by atoms with E-state index in [1.54, 1.807) is 48.5 Å². The van der Waals surface area contributed by atoms with Crippen LogP contribution in [-0.2, 0) is 14.3 Å². The molecule has 1 saturated heterocycles. The third-order valence-corrected chi connectivity index (χ3v) is 4.96. The zero-order valence-electron chi connectivity index (χ0n) is 14.5. The lowest BCUT2D eigenvalue weighted by atomic mass is 10.1. The second-order valence-electron chi connectivity index (χ2n) is 6.31. The van der Waals surface area contributed by atoms with Crippen LogP contribution in [0.5, 0.6) is 0 Å². The first-order valence-corrected chi connectivity index (χ1v) is 9.17. The van der Waals surface area contributed by atoms with Crippen LogP contribution < -0.4 is 4.90 Å². The van der Waals surface area contributed by atoms with Crippen molar-refractivity contribution in [3.05, 3.63) is 64.1 Å². The van der Waals surface area contributed by atoms with Crippen LogP contribution >= 0.6 is 23.2 Å². The molecule has 3 rings (SSSR count). The Balaban J connectivity index is 1.64. The molecule has 1 aliphatic rings. The number of Topliss-reactive ketones (excluding diaryl/α,β-unsaturated/α-hetero) is 1. The topological polar surface area (TPSA) is 63.7 Å². The van der Waals surface area contributed by atoms with Gasteiger partial charge < -0.3 is 9.64 Å². The average molecular weight is 406 g/mol. The molecule has 0 N–H and O–H groups in total. The van der Waals surface area contributed by atoms with Gasteiger partial charge in [-0.3, -0.25) is 14.4 Å². The third-order valence-electron chi connectivity index (χ3n) is 4.39. The number of carbonyl (C=O) groups excluding carboxylic acids is 3. The molecule has 2 atom stereocenters. The Kier molecular flexibility index (Phi) is 5.82. The van der Waals surface area contributed by atoms with E-state index in [-0.39, 0.29) is 24.7 Å². The molecule has 1 aliphatic heterocycles. The monoisotopic (exact) mass is 405 g/mol. The van der Waals surface area contributed by atoms with Gasteiger partial charge in [0, 0.05) is 23.6 Å². The van der Waals surface area contributed by atoms with Crippen molar-refractivity contribution in [2.75, 3.05) is 11.4 Å². The Morgan fingerprint density at radius 1 is 1.11 bits per heavy atom. The number of esters is 1. The van der Waals surface area contributed by atoms with Gasteiger partial charge in [-0.15, -0.1) is 0 Å². The number of nitrogens with zero attached hydrogens (tertiary/aromatic N) is 1. The molecule has 27 heavy (non-hydrogen) atoms. The van der Waals surface area contributed by atoms with Crippen molar-refractivity contribution in [1.82, 2.24) is 0 Å². The van der Waals surface area contributed by atoms with Crippen molar-refractivity contribution in [1.29, 1.82) is 0 Å². The molecule has 140 valence electrons. The fourth-order valence-electron chi connectivity index (χ4n) is 2.94. The van der Waals surface area contributed by atoms with Crippen molar-refractivity contribution < 1.29 is 19.1 Å². The molecule has 0 aliphatic carbocycles. The second kappa shape index (κ2) is 8.11. The number of rotatable bonds is 5. The van der Waals surface area contributed by atoms with E-state index in [1.165, 1.54) is 11.8 Å². The predicted octanol–water partition coefficient (Wildman–Crippen LogP) is 4.16. The summed E-state index contributed by atoms with van der Waals surface area (Å²) in [5, 5.41) is 0.950. The molecule has 0 saturated carbocycles. The van der Waals surface area contributed by atoms with Gasteiger partial charge in [0.25, 0.3) is 0 Å². The van der Waals surface area contributed by atoms with Crippen molar-refractivity contribution in [2.45, 2.75) is 19.4 Å². The van der Waals surface area contributed by atoms with E-state index < -0.39 is 18.0 Å². The molecular weight excluding hydrogens is 389 g/mol. The standard InChI is InChI=1S/C20H17Cl2NO4/c1-12(19(25)13-6-8-15(21)9-7-13)27-20(26)14-10-18(24)23(11-14)17-5-3-2-4-16(17)22/h2-9,12,14H,10-11H2,1H3/t12-,14-/m1/s1. The summed E-state index contributed by atoms with van der Waals surface area (Å²) in [5.41, 5.74) is 0.963. The van der Waals surface area contributed by atoms with Crippen LogP contribution in [0.2, 0.25) is 10.0 Å². The van der Waals surface area contributed by atoms with Crippen LogP contribution in [-0.4, -0.2) is 30.3 Å². The summed E-state index contributed by atoms with van der Waals surface area (Å²) in [6, 6.07) is 13.3. The van der Waals surface area contributed by atoms with Crippen LogP contribution in [0.15, 0.2) is 48.5 Å². The summed E-state index contributed by atoms with van der Waals surface area (Å²) in [7, 11) is 0. The predicted molar refractivity (Wildman–Crippen MR) is 103 cm³/mol. The first-order chi connectivity index (χ1) is 12.9. The Hall–Kier alpha value is -2.37. The minimum absolute atomic E-state index is 0.0198. The molecule has 2 aromatic carbocycles. The van der Waals surface area contributed by atoms with E-state index in [4.69, 9.17) is 27.9 Å². The summed E-state index contributed by atoms with van der Waals surface area (Å²) in [6.45, 7) is 1.68. The minimum Gasteiger partial charge on any atom is -0.454 e. The number of hydrogen-bond donors (Lipinski definition) is 0. The highest BCUT2D eigenvalue weighted by Gasteiger charge is 2.38. The van der Waals surface area contributed by atoms with Gasteiger partial charge in [0.15, 0.2) is 6.10 Å². The lowest BCUT2D eigenvalue weighted by molar-refractivity contribution is -0.151. The van der Waals surface area contributed by atoms with E-state index in [0.29, 0.717) is 21.3 Å². The number of anilines is 1. The highest BCUT2D eigenvalue weighted by Crippen LogP contribution is 2.31. The lowest BCUT2D eigenvalue weighted by Gasteiger charge is -2.18. The van der Waals surface area contributed by atoms with Crippen molar-refractivity contribution in [3.63, 3.8) is 0 Å². The van der Waals surface area contributed by atoms with E-state index in [9.17, 15) is 14.4 Å². The number of carbonyl (C=O) groups is 3. The van der Waals surface area contributed by atoms with Gasteiger partial charge in [-0.2, -0.15) is 0 Å². The van der Waals surface area contributed by atoms with Crippen molar-refractivity contribution in [3.8, 4) is 0 Å². The van der Waals surface area contributed by atoms with Crippen LogP contribution in [0.3, 0.4) is 0 Å². The molecule has 5 nitrogen and oxygen atoms in total. The summed E-state index contributed by atoms with van der Waals surface area (Å²) < 4.78 is 5.31.